The molecule has 4 heteroatoms. The van der Waals surface area contributed by atoms with E-state index in [1.807, 2.05) is 6.92 Å². The number of rotatable bonds is 2. The topological polar surface area (TPSA) is 46.6 Å². The number of hydrogen-bond acceptors (Lipinski definition) is 3. The first-order valence-corrected chi connectivity index (χ1v) is 4.23. The third-order valence-electron chi connectivity index (χ3n) is 1.14. The van der Waals surface area contributed by atoms with Crippen LogP contribution >= 0.6 is 0 Å². The van der Waals surface area contributed by atoms with Gasteiger partial charge in [-0.1, -0.05) is 6.92 Å². The van der Waals surface area contributed by atoms with Crippen LogP contribution in [-0.2, 0) is 14.3 Å². The number of ether oxygens (including phenoxy) is 1. The molecular formula is C9H19NO3. The number of carbonyl (C=O) groups is 2. The molecule has 0 radical (unpaired) electrons. The number of hydrogen-bond donors (Lipinski definition) is 0. The summed E-state index contributed by atoms with van der Waals surface area (Å²) in [6.07, 6.45) is 0.902. The molecule has 78 valence electrons. The first-order chi connectivity index (χ1) is 5.91. The maximum atomic E-state index is 10.1. The molecule has 0 saturated carbocycles. The van der Waals surface area contributed by atoms with Crippen molar-refractivity contribution in [1.29, 1.82) is 0 Å². The summed E-state index contributed by atoms with van der Waals surface area (Å²) in [5.41, 5.74) is 0. The lowest BCUT2D eigenvalue weighted by atomic mass is 10.5. The third-order valence-corrected chi connectivity index (χ3v) is 1.14. The predicted molar refractivity (Wildman–Crippen MR) is 51.3 cm³/mol. The lowest BCUT2D eigenvalue weighted by Gasteiger charge is -2.02. The van der Waals surface area contributed by atoms with Gasteiger partial charge in [0.25, 0.3) is 0 Å². The van der Waals surface area contributed by atoms with Crippen molar-refractivity contribution in [2.24, 2.45) is 0 Å². The molecule has 0 saturated heterocycles. The Morgan fingerprint density at radius 1 is 1.23 bits per heavy atom. The van der Waals surface area contributed by atoms with Crippen LogP contribution < -0.4 is 0 Å². The van der Waals surface area contributed by atoms with Crippen molar-refractivity contribution >= 4 is 11.9 Å². The number of amides is 1. The zero-order chi connectivity index (χ0) is 10.9. The summed E-state index contributed by atoms with van der Waals surface area (Å²) < 4.78 is 4.55. The molecule has 0 aromatic heterocycles. The Kier molecular flexibility index (Phi) is 10.0. The van der Waals surface area contributed by atoms with E-state index in [1.165, 1.54) is 18.7 Å². The van der Waals surface area contributed by atoms with Crippen LogP contribution in [0.25, 0.3) is 0 Å². The van der Waals surface area contributed by atoms with E-state index < -0.39 is 0 Å². The van der Waals surface area contributed by atoms with E-state index in [9.17, 15) is 9.59 Å². The minimum atomic E-state index is -0.193. The Balaban J connectivity index is 0. The van der Waals surface area contributed by atoms with E-state index in [2.05, 4.69) is 4.74 Å². The van der Waals surface area contributed by atoms with E-state index in [-0.39, 0.29) is 11.9 Å². The average molecular weight is 189 g/mol. The van der Waals surface area contributed by atoms with Gasteiger partial charge in [-0.05, 0) is 6.42 Å². The molecular weight excluding hydrogens is 170 g/mol. The molecule has 0 aromatic rings. The van der Waals surface area contributed by atoms with Crippen LogP contribution in [-0.4, -0.2) is 37.5 Å². The third kappa shape index (κ3) is 18.2. The highest BCUT2D eigenvalue weighted by molar-refractivity contribution is 5.72. The van der Waals surface area contributed by atoms with Gasteiger partial charge in [-0.15, -0.1) is 0 Å². The van der Waals surface area contributed by atoms with Crippen LogP contribution in [0.5, 0.6) is 0 Å². The smallest absolute Gasteiger partial charge is 0.302 e. The molecule has 1 amide bonds. The van der Waals surface area contributed by atoms with Crippen molar-refractivity contribution in [2.75, 3.05) is 20.7 Å². The van der Waals surface area contributed by atoms with Crippen molar-refractivity contribution in [3.63, 3.8) is 0 Å². The lowest BCUT2D eigenvalue weighted by Crippen LogP contribution is -2.17. The summed E-state index contributed by atoms with van der Waals surface area (Å²) in [6.45, 7) is 5.45. The summed E-state index contributed by atoms with van der Waals surface area (Å²) in [5, 5.41) is 0. The van der Waals surface area contributed by atoms with Gasteiger partial charge in [0.15, 0.2) is 0 Å². The van der Waals surface area contributed by atoms with Crippen molar-refractivity contribution in [3.8, 4) is 0 Å². The molecule has 0 heterocycles. The molecule has 0 atom stereocenters. The molecule has 0 N–H and O–H groups in total. The lowest BCUT2D eigenvalue weighted by molar-refractivity contribution is -0.140. The van der Waals surface area contributed by atoms with Crippen LogP contribution in [0.4, 0.5) is 0 Å². The van der Waals surface area contributed by atoms with Crippen LogP contribution in [0.2, 0.25) is 0 Å². The zero-order valence-electron chi connectivity index (χ0n) is 9.09. The Morgan fingerprint density at radius 3 is 1.69 bits per heavy atom. The average Bonchev–Trinajstić information content (AvgIpc) is 2.01. The molecule has 0 unspecified atom stereocenters. The van der Waals surface area contributed by atoms with Crippen LogP contribution in [0, 0.1) is 0 Å². The van der Waals surface area contributed by atoms with E-state index in [0.29, 0.717) is 6.61 Å². The van der Waals surface area contributed by atoms with E-state index in [1.54, 1.807) is 14.1 Å². The predicted octanol–water partition coefficient (Wildman–Crippen LogP) is 1.05. The van der Waals surface area contributed by atoms with Crippen LogP contribution in [0.3, 0.4) is 0 Å². The molecule has 0 spiro atoms. The van der Waals surface area contributed by atoms with Crippen molar-refractivity contribution in [2.45, 2.75) is 27.2 Å². The standard InChI is InChI=1S/C5H10O2.C4H9NO/c1-3-4-7-5(2)6;1-4(6)5(2)3/h3-4H2,1-2H3;1-3H3. The fourth-order valence-corrected chi connectivity index (χ4v) is 0.246. The van der Waals surface area contributed by atoms with Gasteiger partial charge in [0.2, 0.25) is 5.91 Å². The molecule has 0 aromatic carbocycles. The summed E-state index contributed by atoms with van der Waals surface area (Å²) >= 11 is 0. The number of esters is 1. The SMILES string of the molecule is CC(=O)N(C)C.CCCOC(C)=O. The molecule has 0 bridgehead atoms. The first-order valence-electron chi connectivity index (χ1n) is 4.23. The number of nitrogens with zero attached hydrogens (tertiary/aromatic N) is 1. The van der Waals surface area contributed by atoms with Gasteiger partial charge in [0.05, 0.1) is 6.61 Å². The summed E-state index contributed by atoms with van der Waals surface area (Å²) in [4.78, 5) is 21.6. The van der Waals surface area contributed by atoms with Gasteiger partial charge >= 0.3 is 5.97 Å². The van der Waals surface area contributed by atoms with Gasteiger partial charge in [0, 0.05) is 27.9 Å². The van der Waals surface area contributed by atoms with Crippen LogP contribution in [0.1, 0.15) is 27.2 Å². The van der Waals surface area contributed by atoms with E-state index in [0.717, 1.165) is 6.42 Å². The molecule has 0 rings (SSSR count). The Hall–Kier alpha value is -1.06. The summed E-state index contributed by atoms with van der Waals surface area (Å²) in [6, 6.07) is 0. The fraction of sp³-hybridized carbons (Fsp3) is 0.778. The van der Waals surface area contributed by atoms with E-state index >= 15 is 0 Å². The van der Waals surface area contributed by atoms with Crippen LogP contribution in [0.15, 0.2) is 0 Å². The van der Waals surface area contributed by atoms with Gasteiger partial charge in [-0.25, -0.2) is 0 Å². The van der Waals surface area contributed by atoms with Gasteiger partial charge in [-0.3, -0.25) is 9.59 Å². The Morgan fingerprint density at radius 2 is 1.62 bits per heavy atom. The highest BCUT2D eigenvalue weighted by Crippen LogP contribution is 1.78. The minimum absolute atomic E-state index is 0.0926. The maximum absolute atomic E-state index is 10.1. The van der Waals surface area contributed by atoms with Gasteiger partial charge in [0.1, 0.15) is 0 Å². The second kappa shape index (κ2) is 9.03. The molecule has 4 nitrogen and oxygen atoms in total. The summed E-state index contributed by atoms with van der Waals surface area (Å²) in [5.74, 6) is -0.100. The van der Waals surface area contributed by atoms with Crippen molar-refractivity contribution < 1.29 is 14.3 Å². The van der Waals surface area contributed by atoms with Gasteiger partial charge < -0.3 is 9.64 Å². The largest absolute Gasteiger partial charge is 0.466 e. The first kappa shape index (κ1) is 14.5. The van der Waals surface area contributed by atoms with Gasteiger partial charge in [-0.2, -0.15) is 0 Å². The quantitative estimate of drug-likeness (QED) is 0.610. The molecule has 0 aliphatic carbocycles. The minimum Gasteiger partial charge on any atom is -0.466 e. The normalized spacial score (nSPS) is 8.08. The van der Waals surface area contributed by atoms with E-state index in [4.69, 9.17) is 0 Å². The number of carbonyl (C=O) groups excluding carboxylic acids is 2. The van der Waals surface area contributed by atoms with Crippen molar-refractivity contribution in [1.82, 2.24) is 4.90 Å². The maximum Gasteiger partial charge on any atom is 0.302 e. The van der Waals surface area contributed by atoms with Crippen molar-refractivity contribution in [3.05, 3.63) is 0 Å². The Labute approximate surface area is 79.9 Å². The Bertz CT molecular complexity index is 155. The second-order valence-corrected chi connectivity index (χ2v) is 2.75. The molecule has 13 heavy (non-hydrogen) atoms. The second-order valence-electron chi connectivity index (χ2n) is 2.75. The molecule has 0 aliphatic rings. The molecule has 0 fully saturated rings. The highest BCUT2D eigenvalue weighted by atomic mass is 16.5. The molecule has 0 aliphatic heterocycles. The highest BCUT2D eigenvalue weighted by Gasteiger charge is 1.87. The summed E-state index contributed by atoms with van der Waals surface area (Å²) in [7, 11) is 3.45. The fourth-order valence-electron chi connectivity index (χ4n) is 0.246. The zero-order valence-corrected chi connectivity index (χ0v) is 9.09. The monoisotopic (exact) mass is 189 g/mol.